The number of para-hydroxylation sites is 1. The number of carboxylic acids is 1. The van der Waals surface area contributed by atoms with Crippen LogP contribution in [0.15, 0.2) is 36.5 Å². The maximum Gasteiger partial charge on any atom is 0.308 e. The summed E-state index contributed by atoms with van der Waals surface area (Å²) in [7, 11) is 0. The number of carboxylic acid groups (broad SMARTS) is 1. The second-order valence-electron chi connectivity index (χ2n) is 6.55. The number of rotatable bonds is 4. The van der Waals surface area contributed by atoms with Crippen molar-refractivity contribution in [3.8, 4) is 5.69 Å². The highest BCUT2D eigenvalue weighted by Gasteiger charge is 2.31. The Hall–Kier alpha value is -2.63. The Morgan fingerprint density at radius 1 is 1.16 bits per heavy atom. The lowest BCUT2D eigenvalue weighted by Gasteiger charge is -2.22. The molecule has 1 fully saturated rings. The summed E-state index contributed by atoms with van der Waals surface area (Å²) < 4.78 is 1.72. The first-order chi connectivity index (χ1) is 12.1. The lowest BCUT2D eigenvalue weighted by Crippen LogP contribution is -2.43. The second-order valence-corrected chi connectivity index (χ2v) is 6.55. The highest BCUT2D eigenvalue weighted by molar-refractivity contribution is 5.95. The van der Waals surface area contributed by atoms with Gasteiger partial charge in [0.15, 0.2) is 0 Å². The van der Waals surface area contributed by atoms with Crippen molar-refractivity contribution in [1.29, 1.82) is 0 Å². The maximum atomic E-state index is 12.7. The topological polar surface area (TPSA) is 84.2 Å². The molecule has 1 aliphatic rings. The molecule has 6 heteroatoms. The quantitative estimate of drug-likeness (QED) is 0.838. The average molecular weight is 341 g/mol. The summed E-state index contributed by atoms with van der Waals surface area (Å²) in [5, 5.41) is 16.7. The molecule has 1 heterocycles. The summed E-state index contributed by atoms with van der Waals surface area (Å²) >= 11 is 0. The molecule has 2 atom stereocenters. The van der Waals surface area contributed by atoms with E-state index in [1.165, 1.54) is 0 Å². The average Bonchev–Trinajstić information content (AvgIpc) is 2.83. The third-order valence-electron chi connectivity index (χ3n) is 4.90. The minimum absolute atomic E-state index is 0.252. The highest BCUT2D eigenvalue weighted by Crippen LogP contribution is 2.24. The lowest BCUT2D eigenvalue weighted by molar-refractivity contribution is -0.142. The number of carbonyl (C=O) groups excluding carboxylic acids is 1. The van der Waals surface area contributed by atoms with E-state index in [9.17, 15) is 14.7 Å². The number of amides is 1. The molecule has 1 aliphatic carbocycles. The molecule has 6 nitrogen and oxygen atoms in total. The Labute approximate surface area is 146 Å². The molecule has 1 saturated carbocycles. The summed E-state index contributed by atoms with van der Waals surface area (Å²) in [6, 6.07) is 9.28. The first-order valence-corrected chi connectivity index (χ1v) is 8.71. The zero-order chi connectivity index (χ0) is 17.8. The van der Waals surface area contributed by atoms with Gasteiger partial charge in [-0.25, -0.2) is 4.68 Å². The minimum Gasteiger partial charge on any atom is -0.481 e. The SMILES string of the molecule is Cc1c(C(=O)N[C@H]2CCCCC[C@H]2C(=O)O)cnn1-c1ccccc1. The number of hydrogen-bond acceptors (Lipinski definition) is 3. The van der Waals surface area contributed by atoms with Crippen LogP contribution in [-0.2, 0) is 4.79 Å². The van der Waals surface area contributed by atoms with Crippen LogP contribution < -0.4 is 5.32 Å². The molecule has 2 aromatic rings. The van der Waals surface area contributed by atoms with Crippen LogP contribution in [0.5, 0.6) is 0 Å². The zero-order valence-corrected chi connectivity index (χ0v) is 14.3. The fourth-order valence-corrected chi connectivity index (χ4v) is 3.48. The number of nitrogens with one attached hydrogen (secondary N) is 1. The molecule has 0 spiro atoms. The van der Waals surface area contributed by atoms with E-state index in [-0.39, 0.29) is 11.9 Å². The number of aromatic nitrogens is 2. The molecule has 1 aromatic heterocycles. The summed E-state index contributed by atoms with van der Waals surface area (Å²) in [5.41, 5.74) is 2.11. The fraction of sp³-hybridized carbons (Fsp3) is 0.421. The normalized spacial score (nSPS) is 20.7. The van der Waals surface area contributed by atoms with E-state index in [0.717, 1.165) is 30.6 Å². The van der Waals surface area contributed by atoms with Gasteiger partial charge in [-0.3, -0.25) is 9.59 Å². The predicted molar refractivity (Wildman–Crippen MR) is 93.8 cm³/mol. The van der Waals surface area contributed by atoms with Crippen LogP contribution in [0, 0.1) is 12.8 Å². The standard InChI is InChI=1S/C19H23N3O3/c1-13-16(12-20-22(13)14-8-4-2-5-9-14)18(23)21-17-11-7-3-6-10-15(17)19(24)25/h2,4-5,8-9,12,15,17H,3,6-7,10-11H2,1H3,(H,21,23)(H,24,25)/t15-,17+/m1/s1. The third kappa shape index (κ3) is 3.73. The van der Waals surface area contributed by atoms with Gasteiger partial charge in [0.1, 0.15) is 0 Å². The van der Waals surface area contributed by atoms with E-state index < -0.39 is 11.9 Å². The van der Waals surface area contributed by atoms with Crippen LogP contribution in [0.4, 0.5) is 0 Å². The van der Waals surface area contributed by atoms with Gasteiger partial charge in [0, 0.05) is 6.04 Å². The van der Waals surface area contributed by atoms with Crippen LogP contribution in [0.1, 0.15) is 48.2 Å². The van der Waals surface area contributed by atoms with Crippen molar-refractivity contribution in [2.24, 2.45) is 5.92 Å². The molecule has 0 radical (unpaired) electrons. The van der Waals surface area contributed by atoms with Crippen LogP contribution in [0.3, 0.4) is 0 Å². The smallest absolute Gasteiger partial charge is 0.308 e. The molecule has 1 aromatic carbocycles. The molecule has 0 bridgehead atoms. The molecule has 0 saturated heterocycles. The largest absolute Gasteiger partial charge is 0.481 e. The van der Waals surface area contributed by atoms with Gasteiger partial charge in [-0.15, -0.1) is 0 Å². The minimum atomic E-state index is -0.830. The Balaban J connectivity index is 1.79. The molecule has 0 unspecified atom stereocenters. The third-order valence-corrected chi connectivity index (χ3v) is 4.90. The molecular weight excluding hydrogens is 318 g/mol. The Bertz CT molecular complexity index is 755. The van der Waals surface area contributed by atoms with Gasteiger partial charge in [0.2, 0.25) is 0 Å². The number of carbonyl (C=O) groups is 2. The fourth-order valence-electron chi connectivity index (χ4n) is 3.48. The van der Waals surface area contributed by atoms with E-state index in [0.29, 0.717) is 18.4 Å². The van der Waals surface area contributed by atoms with E-state index in [2.05, 4.69) is 10.4 Å². The van der Waals surface area contributed by atoms with E-state index in [1.807, 2.05) is 37.3 Å². The second kappa shape index (κ2) is 7.51. The Kier molecular flexibility index (Phi) is 5.16. The van der Waals surface area contributed by atoms with Crippen LogP contribution in [0.2, 0.25) is 0 Å². The van der Waals surface area contributed by atoms with Crippen LogP contribution in [0.25, 0.3) is 5.69 Å². The van der Waals surface area contributed by atoms with Crippen molar-refractivity contribution in [3.63, 3.8) is 0 Å². The van der Waals surface area contributed by atoms with Gasteiger partial charge in [-0.2, -0.15) is 5.10 Å². The zero-order valence-electron chi connectivity index (χ0n) is 14.3. The molecule has 3 rings (SSSR count). The van der Waals surface area contributed by atoms with Gasteiger partial charge < -0.3 is 10.4 Å². The predicted octanol–water partition coefficient (Wildman–Crippen LogP) is 2.94. The van der Waals surface area contributed by atoms with Crippen molar-refractivity contribution < 1.29 is 14.7 Å². The summed E-state index contributed by atoms with van der Waals surface area (Å²) in [6.07, 6.45) is 5.72. The Morgan fingerprint density at radius 3 is 2.60 bits per heavy atom. The van der Waals surface area contributed by atoms with E-state index in [1.54, 1.807) is 10.9 Å². The summed E-state index contributed by atoms with van der Waals surface area (Å²) in [5.74, 6) is -1.60. The van der Waals surface area contributed by atoms with Crippen molar-refractivity contribution in [2.45, 2.75) is 45.1 Å². The summed E-state index contributed by atoms with van der Waals surface area (Å²) in [6.45, 7) is 1.84. The van der Waals surface area contributed by atoms with E-state index >= 15 is 0 Å². The molecular formula is C19H23N3O3. The van der Waals surface area contributed by atoms with Crippen molar-refractivity contribution in [3.05, 3.63) is 47.8 Å². The molecule has 0 aliphatic heterocycles. The Morgan fingerprint density at radius 2 is 1.88 bits per heavy atom. The number of nitrogens with zero attached hydrogens (tertiary/aromatic N) is 2. The van der Waals surface area contributed by atoms with E-state index in [4.69, 9.17) is 0 Å². The van der Waals surface area contributed by atoms with Crippen molar-refractivity contribution in [1.82, 2.24) is 15.1 Å². The first kappa shape index (κ1) is 17.2. The number of benzene rings is 1. The number of hydrogen-bond donors (Lipinski definition) is 2. The van der Waals surface area contributed by atoms with Gasteiger partial charge in [0.05, 0.1) is 29.1 Å². The van der Waals surface area contributed by atoms with Gasteiger partial charge in [-0.1, -0.05) is 37.5 Å². The molecule has 1 amide bonds. The molecule has 25 heavy (non-hydrogen) atoms. The molecule has 132 valence electrons. The van der Waals surface area contributed by atoms with Crippen molar-refractivity contribution >= 4 is 11.9 Å². The van der Waals surface area contributed by atoms with Crippen molar-refractivity contribution in [2.75, 3.05) is 0 Å². The van der Waals surface area contributed by atoms with Gasteiger partial charge in [0.25, 0.3) is 5.91 Å². The van der Waals surface area contributed by atoms with Crippen LogP contribution >= 0.6 is 0 Å². The van der Waals surface area contributed by atoms with Gasteiger partial charge in [-0.05, 0) is 31.9 Å². The highest BCUT2D eigenvalue weighted by atomic mass is 16.4. The van der Waals surface area contributed by atoms with Gasteiger partial charge >= 0.3 is 5.97 Å². The lowest BCUT2D eigenvalue weighted by atomic mass is 9.94. The monoisotopic (exact) mass is 341 g/mol. The van der Waals surface area contributed by atoms with Crippen LogP contribution in [-0.4, -0.2) is 32.8 Å². The first-order valence-electron chi connectivity index (χ1n) is 8.71. The maximum absolute atomic E-state index is 12.7. The summed E-state index contributed by atoms with van der Waals surface area (Å²) in [4.78, 5) is 24.2. The molecule has 2 N–H and O–H groups in total. The number of aliphatic carboxylic acids is 1.